The van der Waals surface area contributed by atoms with E-state index >= 15 is 0 Å². The maximum Gasteiger partial charge on any atom is 0.326 e. The summed E-state index contributed by atoms with van der Waals surface area (Å²) in [5.41, 5.74) is 0.994. The van der Waals surface area contributed by atoms with Gasteiger partial charge >= 0.3 is 5.97 Å². The molecule has 0 saturated heterocycles. The molecular formula is C13H16N2O3. The predicted molar refractivity (Wildman–Crippen MR) is 65.2 cm³/mol. The minimum atomic E-state index is -0.983. The van der Waals surface area contributed by atoms with Gasteiger partial charge in [0.2, 0.25) is 0 Å². The fourth-order valence-corrected chi connectivity index (χ4v) is 1.81. The third kappa shape index (κ3) is 3.29. The van der Waals surface area contributed by atoms with Gasteiger partial charge in [0.15, 0.2) is 0 Å². The minimum absolute atomic E-state index is 0.261. The van der Waals surface area contributed by atoms with Crippen LogP contribution in [0.15, 0.2) is 18.2 Å². The Bertz CT molecular complexity index is 469. The van der Waals surface area contributed by atoms with Gasteiger partial charge in [-0.15, -0.1) is 0 Å². The van der Waals surface area contributed by atoms with Crippen LogP contribution in [-0.4, -0.2) is 28.0 Å². The van der Waals surface area contributed by atoms with Gasteiger partial charge in [-0.25, -0.2) is 9.78 Å². The van der Waals surface area contributed by atoms with Gasteiger partial charge in [0.25, 0.3) is 5.91 Å². The summed E-state index contributed by atoms with van der Waals surface area (Å²) in [6, 6.07) is 4.29. The molecule has 0 spiro atoms. The molecule has 18 heavy (non-hydrogen) atoms. The van der Waals surface area contributed by atoms with Crippen LogP contribution in [0, 0.1) is 12.8 Å². The van der Waals surface area contributed by atoms with E-state index in [1.54, 1.807) is 25.1 Å². The maximum atomic E-state index is 11.9. The lowest BCUT2D eigenvalue weighted by Crippen LogP contribution is -2.41. The molecule has 2 rings (SSSR count). The van der Waals surface area contributed by atoms with Gasteiger partial charge in [-0.2, -0.15) is 0 Å². The van der Waals surface area contributed by atoms with E-state index in [-0.39, 0.29) is 5.69 Å². The normalized spacial score (nSPS) is 16.1. The highest BCUT2D eigenvalue weighted by molar-refractivity contribution is 5.94. The molecule has 1 atom stereocenters. The number of aryl methyl sites for hydroxylation is 1. The van der Waals surface area contributed by atoms with Crippen molar-refractivity contribution in [3.05, 3.63) is 29.6 Å². The predicted octanol–water partition coefficient (Wildman–Crippen LogP) is 1.37. The van der Waals surface area contributed by atoms with Crippen molar-refractivity contribution in [2.75, 3.05) is 0 Å². The molecule has 5 heteroatoms. The standard InChI is InChI=1S/C13H16N2O3/c1-8-3-2-4-10(14-8)12(16)15-11(13(17)18)7-9-5-6-9/h2-4,9,11H,5-7H2,1H3,(H,15,16)(H,17,18). The van der Waals surface area contributed by atoms with Crippen molar-refractivity contribution in [3.8, 4) is 0 Å². The summed E-state index contributed by atoms with van der Waals surface area (Å²) < 4.78 is 0. The van der Waals surface area contributed by atoms with Crippen molar-refractivity contribution in [3.63, 3.8) is 0 Å². The quantitative estimate of drug-likeness (QED) is 0.824. The van der Waals surface area contributed by atoms with E-state index in [1.807, 2.05) is 0 Å². The van der Waals surface area contributed by atoms with Gasteiger partial charge in [0, 0.05) is 5.69 Å². The van der Waals surface area contributed by atoms with E-state index < -0.39 is 17.9 Å². The highest BCUT2D eigenvalue weighted by atomic mass is 16.4. The number of aliphatic carboxylic acids is 1. The Labute approximate surface area is 105 Å². The number of carboxylic acids is 1. The highest BCUT2D eigenvalue weighted by Crippen LogP contribution is 2.33. The number of carbonyl (C=O) groups excluding carboxylic acids is 1. The van der Waals surface area contributed by atoms with Crippen LogP contribution >= 0.6 is 0 Å². The summed E-state index contributed by atoms with van der Waals surface area (Å²) >= 11 is 0. The summed E-state index contributed by atoms with van der Waals surface area (Å²) in [7, 11) is 0. The Morgan fingerprint density at radius 3 is 2.78 bits per heavy atom. The number of hydrogen-bond donors (Lipinski definition) is 2. The summed E-state index contributed by atoms with van der Waals surface area (Å²) in [6.45, 7) is 1.79. The van der Waals surface area contributed by atoms with Crippen LogP contribution in [0.1, 0.15) is 35.4 Å². The fraction of sp³-hybridized carbons (Fsp3) is 0.462. The number of aromatic nitrogens is 1. The topological polar surface area (TPSA) is 79.3 Å². The van der Waals surface area contributed by atoms with E-state index in [1.165, 1.54) is 0 Å². The molecule has 0 radical (unpaired) electrons. The summed E-state index contributed by atoms with van der Waals surface area (Å²) in [5.74, 6) is -0.966. The molecule has 5 nitrogen and oxygen atoms in total. The van der Waals surface area contributed by atoms with Crippen molar-refractivity contribution in [1.82, 2.24) is 10.3 Å². The first kappa shape index (κ1) is 12.5. The van der Waals surface area contributed by atoms with Crippen LogP contribution in [0.25, 0.3) is 0 Å². The molecule has 1 aliphatic carbocycles. The molecule has 96 valence electrons. The number of nitrogens with one attached hydrogen (secondary N) is 1. The van der Waals surface area contributed by atoms with Crippen LogP contribution < -0.4 is 5.32 Å². The molecule has 1 aliphatic rings. The van der Waals surface area contributed by atoms with Crippen LogP contribution in [0.5, 0.6) is 0 Å². The Kier molecular flexibility index (Phi) is 3.60. The Morgan fingerprint density at radius 2 is 2.22 bits per heavy atom. The number of rotatable bonds is 5. The SMILES string of the molecule is Cc1cccc(C(=O)NC(CC2CC2)C(=O)O)n1. The molecule has 1 amide bonds. The van der Waals surface area contributed by atoms with Gasteiger partial charge in [0.1, 0.15) is 11.7 Å². The highest BCUT2D eigenvalue weighted by Gasteiger charge is 2.30. The van der Waals surface area contributed by atoms with E-state index in [2.05, 4.69) is 10.3 Å². The van der Waals surface area contributed by atoms with Crippen LogP contribution in [0.4, 0.5) is 0 Å². The largest absolute Gasteiger partial charge is 0.480 e. The first-order valence-corrected chi connectivity index (χ1v) is 6.03. The minimum Gasteiger partial charge on any atom is -0.480 e. The molecule has 0 bridgehead atoms. The molecule has 2 N–H and O–H groups in total. The molecule has 1 fully saturated rings. The summed E-state index contributed by atoms with van der Waals surface area (Å²) in [6.07, 6.45) is 2.62. The Morgan fingerprint density at radius 1 is 1.50 bits per heavy atom. The van der Waals surface area contributed by atoms with Gasteiger partial charge < -0.3 is 10.4 Å². The molecule has 0 aliphatic heterocycles. The van der Waals surface area contributed by atoms with E-state index in [0.717, 1.165) is 18.5 Å². The molecule has 1 unspecified atom stereocenters. The number of hydrogen-bond acceptors (Lipinski definition) is 3. The summed E-state index contributed by atoms with van der Waals surface area (Å²) in [5, 5.41) is 11.6. The number of carboxylic acid groups (broad SMARTS) is 1. The van der Waals surface area contributed by atoms with Crippen molar-refractivity contribution in [2.24, 2.45) is 5.92 Å². The van der Waals surface area contributed by atoms with Crippen molar-refractivity contribution >= 4 is 11.9 Å². The third-order valence-electron chi connectivity index (χ3n) is 2.99. The van der Waals surface area contributed by atoms with Crippen LogP contribution in [-0.2, 0) is 4.79 Å². The van der Waals surface area contributed by atoms with Crippen molar-refractivity contribution in [2.45, 2.75) is 32.2 Å². The second-order valence-corrected chi connectivity index (χ2v) is 4.71. The van der Waals surface area contributed by atoms with Crippen molar-refractivity contribution in [1.29, 1.82) is 0 Å². The molecular weight excluding hydrogens is 232 g/mol. The molecule has 1 aromatic rings. The van der Waals surface area contributed by atoms with Crippen LogP contribution in [0.2, 0.25) is 0 Å². The zero-order chi connectivity index (χ0) is 13.1. The van der Waals surface area contributed by atoms with E-state index in [4.69, 9.17) is 5.11 Å². The van der Waals surface area contributed by atoms with Crippen LogP contribution in [0.3, 0.4) is 0 Å². The van der Waals surface area contributed by atoms with Crippen molar-refractivity contribution < 1.29 is 14.7 Å². The van der Waals surface area contributed by atoms with E-state index in [0.29, 0.717) is 12.3 Å². The molecule has 1 aromatic heterocycles. The first-order valence-electron chi connectivity index (χ1n) is 6.03. The lowest BCUT2D eigenvalue weighted by Gasteiger charge is -2.13. The number of pyridine rings is 1. The first-order chi connectivity index (χ1) is 8.56. The second-order valence-electron chi connectivity index (χ2n) is 4.71. The molecule has 1 saturated carbocycles. The Hall–Kier alpha value is -1.91. The fourth-order valence-electron chi connectivity index (χ4n) is 1.81. The van der Waals surface area contributed by atoms with E-state index in [9.17, 15) is 9.59 Å². The average Bonchev–Trinajstić information content (AvgIpc) is 3.12. The number of amides is 1. The summed E-state index contributed by atoms with van der Waals surface area (Å²) in [4.78, 5) is 27.0. The van der Waals surface area contributed by atoms with Gasteiger partial charge in [-0.1, -0.05) is 18.9 Å². The Balaban J connectivity index is 2.01. The molecule has 0 aromatic carbocycles. The second kappa shape index (κ2) is 5.16. The maximum absolute atomic E-state index is 11.9. The third-order valence-corrected chi connectivity index (χ3v) is 2.99. The number of nitrogens with zero attached hydrogens (tertiary/aromatic N) is 1. The van der Waals surface area contributed by atoms with Gasteiger partial charge in [-0.3, -0.25) is 4.79 Å². The van der Waals surface area contributed by atoms with Gasteiger partial charge in [-0.05, 0) is 31.4 Å². The zero-order valence-corrected chi connectivity index (χ0v) is 10.2. The smallest absolute Gasteiger partial charge is 0.326 e. The average molecular weight is 248 g/mol. The monoisotopic (exact) mass is 248 g/mol. The molecule has 1 heterocycles. The zero-order valence-electron chi connectivity index (χ0n) is 10.2. The lowest BCUT2D eigenvalue weighted by molar-refractivity contribution is -0.139. The lowest BCUT2D eigenvalue weighted by atomic mass is 10.1. The number of carbonyl (C=O) groups is 2. The van der Waals surface area contributed by atoms with Gasteiger partial charge in [0.05, 0.1) is 0 Å².